The predicted molar refractivity (Wildman–Crippen MR) is 80.9 cm³/mol. The predicted octanol–water partition coefficient (Wildman–Crippen LogP) is 2.65. The summed E-state index contributed by atoms with van der Waals surface area (Å²) in [6.45, 7) is 0.697. The fourth-order valence-electron chi connectivity index (χ4n) is 2.42. The molecule has 1 heterocycles. The molecular weight excluding hydrogens is 338 g/mol. The summed E-state index contributed by atoms with van der Waals surface area (Å²) >= 11 is 3.35. The molecule has 1 aromatic carbocycles. The van der Waals surface area contributed by atoms with E-state index >= 15 is 0 Å². The van der Waals surface area contributed by atoms with Crippen LogP contribution in [-0.2, 0) is 14.3 Å². The van der Waals surface area contributed by atoms with Crippen LogP contribution in [0.2, 0.25) is 0 Å². The number of halogens is 1. The number of carbonyl (C=O) groups is 2. The van der Waals surface area contributed by atoms with E-state index in [4.69, 9.17) is 9.84 Å². The number of aliphatic carboxylic acids is 1. The van der Waals surface area contributed by atoms with Gasteiger partial charge in [0.05, 0.1) is 25.0 Å². The van der Waals surface area contributed by atoms with E-state index in [0.29, 0.717) is 6.61 Å². The summed E-state index contributed by atoms with van der Waals surface area (Å²) in [5, 5.41) is 11.8. The number of carboxylic acids is 1. The van der Waals surface area contributed by atoms with Crippen LogP contribution in [0.1, 0.15) is 37.3 Å². The Hall–Kier alpha value is -1.40. The number of amides is 1. The third-order valence-electron chi connectivity index (χ3n) is 3.40. The normalized spacial score (nSPS) is 19.2. The van der Waals surface area contributed by atoms with Gasteiger partial charge in [0, 0.05) is 11.1 Å². The summed E-state index contributed by atoms with van der Waals surface area (Å²) in [6, 6.07) is 6.77. The van der Waals surface area contributed by atoms with Gasteiger partial charge in [-0.15, -0.1) is 0 Å². The second kappa shape index (κ2) is 7.56. The summed E-state index contributed by atoms with van der Waals surface area (Å²) in [5.74, 6) is -1.12. The maximum Gasteiger partial charge on any atom is 0.305 e. The number of carboxylic acid groups (broad SMARTS) is 1. The molecule has 0 radical (unpaired) electrons. The van der Waals surface area contributed by atoms with Gasteiger partial charge in [0.2, 0.25) is 5.91 Å². The lowest BCUT2D eigenvalue weighted by molar-refractivity contribution is -0.137. The third-order valence-corrected chi connectivity index (χ3v) is 3.90. The molecule has 1 aliphatic rings. The number of nitrogens with one attached hydrogen (secondary N) is 1. The average molecular weight is 356 g/mol. The fourth-order valence-corrected chi connectivity index (χ4v) is 2.83. The van der Waals surface area contributed by atoms with Crippen molar-refractivity contribution in [2.45, 2.75) is 37.8 Å². The Kier molecular flexibility index (Phi) is 5.76. The van der Waals surface area contributed by atoms with E-state index in [9.17, 15) is 9.59 Å². The molecule has 0 aliphatic carbocycles. The molecule has 0 saturated carbocycles. The Morgan fingerprint density at radius 3 is 2.90 bits per heavy atom. The molecular formula is C15H18BrNO4. The van der Waals surface area contributed by atoms with Crippen LogP contribution >= 0.6 is 15.9 Å². The number of ether oxygens (including phenoxy) is 1. The van der Waals surface area contributed by atoms with Gasteiger partial charge in [-0.1, -0.05) is 28.1 Å². The molecule has 2 atom stereocenters. The van der Waals surface area contributed by atoms with Crippen molar-refractivity contribution >= 4 is 27.8 Å². The van der Waals surface area contributed by atoms with Crippen LogP contribution in [0.3, 0.4) is 0 Å². The van der Waals surface area contributed by atoms with Gasteiger partial charge in [0.15, 0.2) is 0 Å². The van der Waals surface area contributed by atoms with E-state index in [-0.39, 0.29) is 24.9 Å². The SMILES string of the molecule is O=C(O)C[C@H](NC(=O)C[C@H]1CCCO1)c1cccc(Br)c1. The van der Waals surface area contributed by atoms with Crippen LogP contribution in [0.5, 0.6) is 0 Å². The molecule has 2 rings (SSSR count). The highest BCUT2D eigenvalue weighted by Crippen LogP contribution is 2.22. The second-order valence-corrected chi connectivity index (χ2v) is 6.03. The van der Waals surface area contributed by atoms with Crippen LogP contribution in [0, 0.1) is 0 Å². The maximum atomic E-state index is 12.1. The molecule has 114 valence electrons. The van der Waals surface area contributed by atoms with Crippen molar-refractivity contribution in [1.29, 1.82) is 0 Å². The van der Waals surface area contributed by atoms with E-state index in [1.807, 2.05) is 24.3 Å². The van der Waals surface area contributed by atoms with E-state index in [1.165, 1.54) is 0 Å². The number of hydrogen-bond acceptors (Lipinski definition) is 3. The Labute approximate surface area is 131 Å². The van der Waals surface area contributed by atoms with Gasteiger partial charge in [-0.25, -0.2) is 0 Å². The fraction of sp³-hybridized carbons (Fsp3) is 0.467. The Balaban J connectivity index is 2.01. The van der Waals surface area contributed by atoms with Gasteiger partial charge in [0.25, 0.3) is 0 Å². The van der Waals surface area contributed by atoms with Crippen LogP contribution in [-0.4, -0.2) is 29.7 Å². The smallest absolute Gasteiger partial charge is 0.305 e. The first kappa shape index (κ1) is 16.0. The molecule has 2 N–H and O–H groups in total. The molecule has 1 fully saturated rings. The minimum atomic E-state index is -0.947. The van der Waals surface area contributed by atoms with Gasteiger partial charge < -0.3 is 15.2 Å². The quantitative estimate of drug-likeness (QED) is 0.822. The zero-order valence-electron chi connectivity index (χ0n) is 11.5. The van der Waals surface area contributed by atoms with Crippen LogP contribution in [0.4, 0.5) is 0 Å². The highest BCUT2D eigenvalue weighted by Gasteiger charge is 2.23. The summed E-state index contributed by atoms with van der Waals surface area (Å²) in [7, 11) is 0. The number of hydrogen-bond donors (Lipinski definition) is 2. The van der Waals surface area contributed by atoms with Crippen molar-refractivity contribution in [1.82, 2.24) is 5.32 Å². The van der Waals surface area contributed by atoms with Crippen LogP contribution in [0.25, 0.3) is 0 Å². The summed E-state index contributed by atoms with van der Waals surface area (Å²) in [5.41, 5.74) is 0.771. The van der Waals surface area contributed by atoms with Crippen molar-refractivity contribution in [3.05, 3.63) is 34.3 Å². The van der Waals surface area contributed by atoms with E-state index in [0.717, 1.165) is 22.9 Å². The van der Waals surface area contributed by atoms with Crippen molar-refractivity contribution < 1.29 is 19.4 Å². The van der Waals surface area contributed by atoms with Crippen molar-refractivity contribution in [3.8, 4) is 0 Å². The summed E-state index contributed by atoms with van der Waals surface area (Å²) < 4.78 is 6.28. The standard InChI is InChI=1S/C15H18BrNO4/c16-11-4-1-3-10(7-11)13(9-15(19)20)17-14(18)8-12-5-2-6-21-12/h1,3-4,7,12-13H,2,5-6,8-9H2,(H,17,18)(H,19,20)/t12-,13+/m1/s1. The summed E-state index contributed by atoms with van der Waals surface area (Å²) in [4.78, 5) is 23.1. The van der Waals surface area contributed by atoms with Gasteiger partial charge in [-0.3, -0.25) is 9.59 Å². The first-order valence-electron chi connectivity index (χ1n) is 6.93. The van der Waals surface area contributed by atoms with E-state index < -0.39 is 12.0 Å². The molecule has 5 nitrogen and oxygen atoms in total. The Morgan fingerprint density at radius 1 is 1.48 bits per heavy atom. The lowest BCUT2D eigenvalue weighted by atomic mass is 10.0. The third kappa shape index (κ3) is 5.13. The summed E-state index contributed by atoms with van der Waals surface area (Å²) in [6.07, 6.45) is 1.95. The topological polar surface area (TPSA) is 75.6 Å². The van der Waals surface area contributed by atoms with Crippen molar-refractivity contribution in [2.75, 3.05) is 6.61 Å². The molecule has 1 aliphatic heterocycles. The average Bonchev–Trinajstić information content (AvgIpc) is 2.90. The highest BCUT2D eigenvalue weighted by atomic mass is 79.9. The van der Waals surface area contributed by atoms with Gasteiger partial charge >= 0.3 is 5.97 Å². The number of carbonyl (C=O) groups excluding carboxylic acids is 1. The molecule has 1 aromatic rings. The minimum Gasteiger partial charge on any atom is -0.481 e. The first-order chi connectivity index (χ1) is 10.0. The van der Waals surface area contributed by atoms with Crippen LogP contribution in [0.15, 0.2) is 28.7 Å². The molecule has 0 unspecified atom stereocenters. The Bertz CT molecular complexity index is 514. The molecule has 0 spiro atoms. The number of rotatable bonds is 6. The van der Waals surface area contributed by atoms with Gasteiger partial charge in [-0.2, -0.15) is 0 Å². The minimum absolute atomic E-state index is 0.0435. The lowest BCUT2D eigenvalue weighted by Crippen LogP contribution is -2.32. The van der Waals surface area contributed by atoms with Crippen LogP contribution < -0.4 is 5.32 Å². The number of benzene rings is 1. The molecule has 1 amide bonds. The second-order valence-electron chi connectivity index (χ2n) is 5.11. The van der Waals surface area contributed by atoms with E-state index in [1.54, 1.807) is 0 Å². The Morgan fingerprint density at radius 2 is 2.29 bits per heavy atom. The maximum absolute atomic E-state index is 12.1. The molecule has 6 heteroatoms. The van der Waals surface area contributed by atoms with Gasteiger partial charge in [0.1, 0.15) is 0 Å². The first-order valence-corrected chi connectivity index (χ1v) is 7.72. The molecule has 1 saturated heterocycles. The monoisotopic (exact) mass is 355 g/mol. The zero-order valence-corrected chi connectivity index (χ0v) is 13.1. The van der Waals surface area contributed by atoms with Gasteiger partial charge in [-0.05, 0) is 30.5 Å². The zero-order chi connectivity index (χ0) is 15.2. The van der Waals surface area contributed by atoms with Crippen molar-refractivity contribution in [3.63, 3.8) is 0 Å². The highest BCUT2D eigenvalue weighted by molar-refractivity contribution is 9.10. The molecule has 21 heavy (non-hydrogen) atoms. The molecule has 0 aromatic heterocycles. The molecule has 0 bridgehead atoms. The largest absolute Gasteiger partial charge is 0.481 e. The van der Waals surface area contributed by atoms with Crippen molar-refractivity contribution in [2.24, 2.45) is 0 Å². The lowest BCUT2D eigenvalue weighted by Gasteiger charge is -2.19. The van der Waals surface area contributed by atoms with E-state index in [2.05, 4.69) is 21.2 Å².